The van der Waals surface area contributed by atoms with Crippen molar-refractivity contribution >= 4 is 35.1 Å². The van der Waals surface area contributed by atoms with Gasteiger partial charge in [0.1, 0.15) is 5.15 Å². The summed E-state index contributed by atoms with van der Waals surface area (Å²) in [6, 6.07) is 5.27. The van der Waals surface area contributed by atoms with Gasteiger partial charge in [0.05, 0.1) is 17.0 Å². The van der Waals surface area contributed by atoms with Gasteiger partial charge in [-0.3, -0.25) is 4.98 Å². The van der Waals surface area contributed by atoms with E-state index in [0.717, 1.165) is 11.1 Å². The fourth-order valence-corrected chi connectivity index (χ4v) is 1.57. The zero-order chi connectivity index (χ0) is 11.5. The minimum Gasteiger partial charge on any atom is -0.312 e. The summed E-state index contributed by atoms with van der Waals surface area (Å²) in [4.78, 5) is 8.35. The number of nitrogens with zero attached hydrogens (tertiary/aromatic N) is 2. The number of rotatable bonds is 3. The average molecular weight is 233 g/mol. The van der Waals surface area contributed by atoms with E-state index in [9.17, 15) is 0 Å². The molecule has 2 rings (SSSR count). The van der Waals surface area contributed by atoms with Crippen LogP contribution in [0.1, 0.15) is 11.5 Å². The van der Waals surface area contributed by atoms with Gasteiger partial charge in [-0.2, -0.15) is 0 Å². The molecular weight excluding hydrogens is 224 g/mol. The number of fused-ring (bicyclic) bond motifs is 1. The van der Waals surface area contributed by atoms with Crippen LogP contribution in [0.3, 0.4) is 0 Å². The molecule has 0 amide bonds. The van der Waals surface area contributed by atoms with Crippen LogP contribution in [0, 0.1) is 10.8 Å². The second kappa shape index (κ2) is 4.37. The molecule has 0 aromatic carbocycles. The molecule has 0 aliphatic carbocycles. The lowest BCUT2D eigenvalue weighted by Gasteiger charge is -2.06. The topological polar surface area (TPSA) is 73.5 Å². The van der Waals surface area contributed by atoms with Crippen molar-refractivity contribution in [2.75, 3.05) is 0 Å². The molecule has 0 atom stereocenters. The Morgan fingerprint density at radius 1 is 1.19 bits per heavy atom. The first kappa shape index (κ1) is 10.7. The molecule has 2 aromatic heterocycles. The second-order valence-electron chi connectivity index (χ2n) is 3.30. The van der Waals surface area contributed by atoms with Gasteiger partial charge in [-0.15, -0.1) is 0 Å². The lowest BCUT2D eigenvalue weighted by atomic mass is 10.0. The molecule has 0 saturated carbocycles. The summed E-state index contributed by atoms with van der Waals surface area (Å²) in [5.74, 6) is -0.349. The molecule has 0 spiro atoms. The smallest absolute Gasteiger partial charge is 0.129 e. The number of hydrogen-bond acceptors (Lipinski definition) is 4. The summed E-state index contributed by atoms with van der Waals surface area (Å²) in [6.07, 6.45) is 4.04. The van der Waals surface area contributed by atoms with Crippen LogP contribution in [-0.4, -0.2) is 22.4 Å². The predicted molar refractivity (Wildman–Crippen MR) is 64.9 cm³/mol. The normalized spacial score (nSPS) is 12.3. The van der Waals surface area contributed by atoms with Crippen LogP contribution in [0.25, 0.3) is 11.0 Å². The molecule has 0 aliphatic heterocycles. The molecule has 0 unspecified atom stereocenters. The number of aromatic nitrogens is 2. The third kappa shape index (κ3) is 1.92. The third-order valence-corrected chi connectivity index (χ3v) is 2.48. The average Bonchev–Trinajstić information content (AvgIpc) is 2.30. The number of nitrogens with one attached hydrogen (secondary N) is 2. The van der Waals surface area contributed by atoms with Gasteiger partial charge in [0.25, 0.3) is 0 Å². The molecule has 4 nitrogen and oxygen atoms in total. The van der Waals surface area contributed by atoms with Gasteiger partial charge in [-0.05, 0) is 23.8 Å². The summed E-state index contributed by atoms with van der Waals surface area (Å²) in [7, 11) is 0. The molecule has 16 heavy (non-hydrogen) atoms. The molecule has 5 heteroatoms. The summed E-state index contributed by atoms with van der Waals surface area (Å²) in [5.41, 5.74) is 2.20. The maximum atomic E-state index is 7.20. The molecule has 80 valence electrons. The number of halogens is 1. The van der Waals surface area contributed by atoms with Crippen molar-refractivity contribution in [2.24, 2.45) is 0 Å². The molecule has 0 fully saturated rings. The Labute approximate surface area is 97.3 Å². The standard InChI is InChI=1S/C11H9ClN4/c12-11-2-1-9-10(16-11)3-7(6-15-9)8(4-13)5-14/h1-6,8,13-14H. The summed E-state index contributed by atoms with van der Waals surface area (Å²) < 4.78 is 0. The van der Waals surface area contributed by atoms with Crippen LogP contribution in [0.4, 0.5) is 0 Å². The van der Waals surface area contributed by atoms with Gasteiger partial charge < -0.3 is 10.8 Å². The summed E-state index contributed by atoms with van der Waals surface area (Å²) in [5, 5.41) is 14.8. The Morgan fingerprint density at radius 2 is 1.94 bits per heavy atom. The molecular formula is C11H9ClN4. The van der Waals surface area contributed by atoms with E-state index in [1.807, 2.05) is 0 Å². The lowest BCUT2D eigenvalue weighted by Crippen LogP contribution is -2.01. The quantitative estimate of drug-likeness (QED) is 0.631. The fraction of sp³-hybridized carbons (Fsp3) is 0.0909. The van der Waals surface area contributed by atoms with Crippen molar-refractivity contribution in [1.82, 2.24) is 9.97 Å². The molecule has 0 bridgehead atoms. The molecule has 0 saturated heterocycles. The van der Waals surface area contributed by atoms with E-state index in [2.05, 4.69) is 9.97 Å². The van der Waals surface area contributed by atoms with E-state index in [1.165, 1.54) is 12.4 Å². The van der Waals surface area contributed by atoms with Crippen molar-refractivity contribution in [3.05, 3.63) is 35.1 Å². The highest BCUT2D eigenvalue weighted by molar-refractivity contribution is 6.29. The zero-order valence-corrected chi connectivity index (χ0v) is 9.07. The first-order valence-electron chi connectivity index (χ1n) is 4.68. The number of pyridine rings is 2. The Bertz CT molecular complexity index is 545. The van der Waals surface area contributed by atoms with Crippen molar-refractivity contribution in [3.8, 4) is 0 Å². The minimum absolute atomic E-state index is 0.349. The molecule has 2 aromatic rings. The maximum absolute atomic E-state index is 7.20. The highest BCUT2D eigenvalue weighted by Gasteiger charge is 2.07. The zero-order valence-electron chi connectivity index (χ0n) is 8.31. The molecule has 2 N–H and O–H groups in total. The van der Waals surface area contributed by atoms with E-state index in [0.29, 0.717) is 10.7 Å². The van der Waals surface area contributed by atoms with Gasteiger partial charge in [0, 0.05) is 18.6 Å². The lowest BCUT2D eigenvalue weighted by molar-refractivity contribution is 1.18. The number of hydrogen-bond donors (Lipinski definition) is 2. The molecule has 0 aliphatic rings. The van der Waals surface area contributed by atoms with Crippen molar-refractivity contribution in [1.29, 1.82) is 10.8 Å². The van der Waals surface area contributed by atoms with Gasteiger partial charge in [0.15, 0.2) is 0 Å². The Hall–Kier alpha value is -1.81. The van der Waals surface area contributed by atoms with E-state index in [-0.39, 0.29) is 5.92 Å². The second-order valence-corrected chi connectivity index (χ2v) is 3.69. The first-order valence-corrected chi connectivity index (χ1v) is 5.06. The molecule has 2 heterocycles. The molecule has 0 radical (unpaired) electrons. The van der Waals surface area contributed by atoms with Crippen LogP contribution >= 0.6 is 11.6 Å². The van der Waals surface area contributed by atoms with Crippen LogP contribution in [0.2, 0.25) is 5.15 Å². The van der Waals surface area contributed by atoms with Crippen molar-refractivity contribution in [3.63, 3.8) is 0 Å². The van der Waals surface area contributed by atoms with Gasteiger partial charge in [0.2, 0.25) is 0 Å². The van der Waals surface area contributed by atoms with Gasteiger partial charge >= 0.3 is 0 Å². The van der Waals surface area contributed by atoms with Crippen LogP contribution in [-0.2, 0) is 0 Å². The Kier molecular flexibility index (Phi) is 2.92. The van der Waals surface area contributed by atoms with E-state index in [4.69, 9.17) is 22.4 Å². The van der Waals surface area contributed by atoms with E-state index in [1.54, 1.807) is 24.4 Å². The van der Waals surface area contributed by atoms with Gasteiger partial charge in [-0.1, -0.05) is 11.6 Å². The monoisotopic (exact) mass is 232 g/mol. The fourth-order valence-electron chi connectivity index (χ4n) is 1.42. The first-order chi connectivity index (χ1) is 7.74. The minimum atomic E-state index is -0.349. The van der Waals surface area contributed by atoms with Crippen LogP contribution < -0.4 is 0 Å². The summed E-state index contributed by atoms with van der Waals surface area (Å²) >= 11 is 5.79. The Morgan fingerprint density at radius 3 is 2.62 bits per heavy atom. The van der Waals surface area contributed by atoms with Crippen molar-refractivity contribution in [2.45, 2.75) is 5.92 Å². The van der Waals surface area contributed by atoms with Gasteiger partial charge in [-0.25, -0.2) is 4.98 Å². The largest absolute Gasteiger partial charge is 0.312 e. The Balaban J connectivity index is 2.57. The van der Waals surface area contributed by atoms with E-state index < -0.39 is 0 Å². The third-order valence-electron chi connectivity index (χ3n) is 2.27. The van der Waals surface area contributed by atoms with Crippen LogP contribution in [0.15, 0.2) is 24.4 Å². The van der Waals surface area contributed by atoms with Crippen molar-refractivity contribution < 1.29 is 0 Å². The SMILES string of the molecule is N=CC(C=N)c1cnc2ccc(Cl)nc2c1. The van der Waals surface area contributed by atoms with Crippen LogP contribution in [0.5, 0.6) is 0 Å². The maximum Gasteiger partial charge on any atom is 0.129 e. The highest BCUT2D eigenvalue weighted by Crippen LogP contribution is 2.18. The predicted octanol–water partition coefficient (Wildman–Crippen LogP) is 2.67. The van der Waals surface area contributed by atoms with E-state index >= 15 is 0 Å². The summed E-state index contributed by atoms with van der Waals surface area (Å²) in [6.45, 7) is 0. The highest BCUT2D eigenvalue weighted by atomic mass is 35.5.